The minimum absolute atomic E-state index is 0.799. The van der Waals surface area contributed by atoms with Crippen LogP contribution in [0.1, 0.15) is 19.3 Å². The highest BCUT2D eigenvalue weighted by molar-refractivity contribution is 4.80. The molecule has 0 spiro atoms. The summed E-state index contributed by atoms with van der Waals surface area (Å²) >= 11 is 0. The summed E-state index contributed by atoms with van der Waals surface area (Å²) in [5, 5.41) is 3.39. The Morgan fingerprint density at radius 1 is 1.25 bits per heavy atom. The zero-order valence-electron chi connectivity index (χ0n) is 7.84. The minimum atomic E-state index is 0.799. The van der Waals surface area contributed by atoms with Gasteiger partial charge in [0.25, 0.3) is 0 Å². The van der Waals surface area contributed by atoms with Gasteiger partial charge in [-0.2, -0.15) is 0 Å². The van der Waals surface area contributed by atoms with Crippen LogP contribution in [0.25, 0.3) is 0 Å². The van der Waals surface area contributed by atoms with Gasteiger partial charge >= 0.3 is 0 Å². The van der Waals surface area contributed by atoms with Gasteiger partial charge in [0.2, 0.25) is 0 Å². The number of hydrogen-bond acceptors (Lipinski definition) is 3. The normalized spacial score (nSPS) is 16.8. The first-order valence-corrected chi connectivity index (χ1v) is 4.73. The Morgan fingerprint density at radius 3 is 2.75 bits per heavy atom. The van der Waals surface area contributed by atoms with E-state index in [0.29, 0.717) is 0 Å². The topological polar surface area (TPSA) is 30.5 Å². The second kappa shape index (κ2) is 6.40. The standard InChI is InChI=1S/C9H19NO2/c1-11-6-2-7-12-8-5-10-9-3-4-9/h9-10H,2-8H2,1H3. The first-order chi connectivity index (χ1) is 5.93. The monoisotopic (exact) mass is 173 g/mol. The van der Waals surface area contributed by atoms with Gasteiger partial charge < -0.3 is 14.8 Å². The molecule has 0 saturated heterocycles. The van der Waals surface area contributed by atoms with E-state index in [1.54, 1.807) is 7.11 Å². The largest absolute Gasteiger partial charge is 0.385 e. The maximum absolute atomic E-state index is 5.37. The van der Waals surface area contributed by atoms with E-state index >= 15 is 0 Å². The minimum Gasteiger partial charge on any atom is -0.385 e. The van der Waals surface area contributed by atoms with Gasteiger partial charge in [0.15, 0.2) is 0 Å². The third-order valence-electron chi connectivity index (χ3n) is 1.89. The van der Waals surface area contributed by atoms with Crippen LogP contribution in [-0.2, 0) is 9.47 Å². The lowest BCUT2D eigenvalue weighted by Gasteiger charge is -2.04. The fraction of sp³-hybridized carbons (Fsp3) is 1.00. The van der Waals surface area contributed by atoms with E-state index in [1.807, 2.05) is 0 Å². The summed E-state index contributed by atoms with van der Waals surface area (Å²) in [5.41, 5.74) is 0. The molecule has 3 heteroatoms. The van der Waals surface area contributed by atoms with Gasteiger partial charge in [-0.1, -0.05) is 0 Å². The van der Waals surface area contributed by atoms with Crippen LogP contribution in [0.3, 0.4) is 0 Å². The molecule has 0 unspecified atom stereocenters. The molecule has 1 saturated carbocycles. The lowest BCUT2D eigenvalue weighted by atomic mass is 10.5. The van der Waals surface area contributed by atoms with Crippen molar-refractivity contribution >= 4 is 0 Å². The van der Waals surface area contributed by atoms with Crippen molar-refractivity contribution in [1.29, 1.82) is 0 Å². The molecule has 72 valence electrons. The smallest absolute Gasteiger partial charge is 0.0591 e. The van der Waals surface area contributed by atoms with E-state index in [1.165, 1.54) is 12.8 Å². The fourth-order valence-electron chi connectivity index (χ4n) is 1.03. The molecule has 0 radical (unpaired) electrons. The third kappa shape index (κ3) is 5.52. The summed E-state index contributed by atoms with van der Waals surface area (Å²) in [7, 11) is 1.72. The summed E-state index contributed by atoms with van der Waals surface area (Å²) in [6, 6.07) is 0.799. The number of hydrogen-bond donors (Lipinski definition) is 1. The number of nitrogens with one attached hydrogen (secondary N) is 1. The lowest BCUT2D eigenvalue weighted by Crippen LogP contribution is -2.21. The van der Waals surface area contributed by atoms with E-state index in [2.05, 4.69) is 5.32 Å². The molecule has 0 aromatic rings. The van der Waals surface area contributed by atoms with Crippen molar-refractivity contribution in [3.05, 3.63) is 0 Å². The number of rotatable bonds is 8. The van der Waals surface area contributed by atoms with E-state index in [0.717, 1.165) is 38.8 Å². The van der Waals surface area contributed by atoms with Crippen molar-refractivity contribution in [1.82, 2.24) is 5.32 Å². The highest BCUT2D eigenvalue weighted by atomic mass is 16.5. The zero-order valence-corrected chi connectivity index (χ0v) is 7.84. The van der Waals surface area contributed by atoms with Crippen LogP contribution in [0.2, 0.25) is 0 Å². The SMILES string of the molecule is COCCCOCCNC1CC1. The van der Waals surface area contributed by atoms with Crippen LogP contribution >= 0.6 is 0 Å². The van der Waals surface area contributed by atoms with Crippen LogP contribution in [-0.4, -0.2) is 39.5 Å². The Morgan fingerprint density at radius 2 is 2.08 bits per heavy atom. The molecule has 3 nitrogen and oxygen atoms in total. The molecule has 0 aliphatic heterocycles. The molecule has 0 heterocycles. The molecular weight excluding hydrogens is 154 g/mol. The van der Waals surface area contributed by atoms with Gasteiger partial charge in [-0.3, -0.25) is 0 Å². The fourth-order valence-corrected chi connectivity index (χ4v) is 1.03. The van der Waals surface area contributed by atoms with Crippen molar-refractivity contribution in [3.8, 4) is 0 Å². The Balaban J connectivity index is 1.65. The van der Waals surface area contributed by atoms with E-state index in [9.17, 15) is 0 Å². The summed E-state index contributed by atoms with van der Waals surface area (Å²) < 4.78 is 10.3. The van der Waals surface area contributed by atoms with Crippen LogP contribution < -0.4 is 5.32 Å². The molecule has 1 aliphatic carbocycles. The van der Waals surface area contributed by atoms with Gasteiger partial charge in [0, 0.05) is 32.9 Å². The molecule has 12 heavy (non-hydrogen) atoms. The number of methoxy groups -OCH3 is 1. The Kier molecular flexibility index (Phi) is 5.32. The summed E-state index contributed by atoms with van der Waals surface area (Å²) in [6.45, 7) is 3.45. The highest BCUT2D eigenvalue weighted by Gasteiger charge is 2.19. The Bertz CT molecular complexity index is 105. The van der Waals surface area contributed by atoms with Crippen LogP contribution in [0, 0.1) is 0 Å². The Labute approximate surface area is 74.4 Å². The molecule has 0 aromatic heterocycles. The van der Waals surface area contributed by atoms with Crippen molar-refractivity contribution in [2.24, 2.45) is 0 Å². The van der Waals surface area contributed by atoms with Crippen LogP contribution in [0.4, 0.5) is 0 Å². The number of ether oxygens (including phenoxy) is 2. The van der Waals surface area contributed by atoms with E-state index in [-0.39, 0.29) is 0 Å². The van der Waals surface area contributed by atoms with Gasteiger partial charge in [-0.15, -0.1) is 0 Å². The molecule has 1 aliphatic rings. The van der Waals surface area contributed by atoms with Gasteiger partial charge in [0.05, 0.1) is 6.61 Å². The van der Waals surface area contributed by atoms with Gasteiger partial charge in [-0.05, 0) is 19.3 Å². The van der Waals surface area contributed by atoms with Gasteiger partial charge in [-0.25, -0.2) is 0 Å². The summed E-state index contributed by atoms with van der Waals surface area (Å²) in [5.74, 6) is 0. The average molecular weight is 173 g/mol. The third-order valence-corrected chi connectivity index (χ3v) is 1.89. The van der Waals surface area contributed by atoms with Crippen molar-refractivity contribution in [3.63, 3.8) is 0 Å². The average Bonchev–Trinajstić information content (AvgIpc) is 2.87. The maximum Gasteiger partial charge on any atom is 0.0591 e. The summed E-state index contributed by atoms with van der Waals surface area (Å²) in [6.07, 6.45) is 3.70. The highest BCUT2D eigenvalue weighted by Crippen LogP contribution is 2.17. The van der Waals surface area contributed by atoms with E-state index < -0.39 is 0 Å². The molecule has 1 N–H and O–H groups in total. The predicted molar refractivity (Wildman–Crippen MR) is 48.3 cm³/mol. The second-order valence-electron chi connectivity index (χ2n) is 3.19. The quantitative estimate of drug-likeness (QED) is 0.550. The molecule has 0 amide bonds. The summed E-state index contributed by atoms with van der Waals surface area (Å²) in [4.78, 5) is 0. The van der Waals surface area contributed by atoms with Crippen LogP contribution in [0.15, 0.2) is 0 Å². The first-order valence-electron chi connectivity index (χ1n) is 4.73. The van der Waals surface area contributed by atoms with Crippen molar-refractivity contribution < 1.29 is 9.47 Å². The van der Waals surface area contributed by atoms with Crippen molar-refractivity contribution in [2.75, 3.05) is 33.5 Å². The molecule has 1 rings (SSSR count). The lowest BCUT2D eigenvalue weighted by molar-refractivity contribution is 0.104. The maximum atomic E-state index is 5.37. The zero-order chi connectivity index (χ0) is 8.65. The molecular formula is C9H19NO2. The predicted octanol–water partition coefficient (Wildman–Crippen LogP) is 0.791. The Hall–Kier alpha value is -0.120. The van der Waals surface area contributed by atoms with E-state index in [4.69, 9.17) is 9.47 Å². The molecule has 0 atom stereocenters. The molecule has 0 bridgehead atoms. The first kappa shape index (κ1) is 9.96. The van der Waals surface area contributed by atoms with Crippen molar-refractivity contribution in [2.45, 2.75) is 25.3 Å². The second-order valence-corrected chi connectivity index (χ2v) is 3.19. The molecule has 0 aromatic carbocycles. The van der Waals surface area contributed by atoms with Crippen LogP contribution in [0.5, 0.6) is 0 Å². The van der Waals surface area contributed by atoms with Gasteiger partial charge in [0.1, 0.15) is 0 Å². The molecule has 1 fully saturated rings.